The van der Waals surface area contributed by atoms with Gasteiger partial charge in [-0.15, -0.1) is 0 Å². The molecule has 0 spiro atoms. The second-order valence-electron chi connectivity index (χ2n) is 5.37. The second kappa shape index (κ2) is 13.2. The normalized spacial score (nSPS) is 11.3. The molecule has 0 saturated carbocycles. The van der Waals surface area contributed by atoms with Gasteiger partial charge in [-0.05, 0) is 25.8 Å². The first kappa shape index (κ1) is 20.1. The van der Waals surface area contributed by atoms with Crippen molar-refractivity contribution in [1.82, 2.24) is 0 Å². The first-order valence-electron chi connectivity index (χ1n) is 6.75. The summed E-state index contributed by atoms with van der Waals surface area (Å²) >= 11 is 4.30. The van der Waals surface area contributed by atoms with Crippen LogP contribution in [0.2, 0.25) is 0 Å². The largest absolute Gasteiger partial charge is 1.00 e. The highest BCUT2D eigenvalue weighted by Gasteiger charge is 2.12. The van der Waals surface area contributed by atoms with Gasteiger partial charge in [0.2, 0.25) is 0 Å². The lowest BCUT2D eigenvalue weighted by molar-refractivity contribution is -0.888. The van der Waals surface area contributed by atoms with Crippen LogP contribution < -0.4 is 22.7 Å². The molecule has 0 atom stereocenters. The van der Waals surface area contributed by atoms with E-state index in [1.165, 1.54) is 58.0 Å². The Kier molecular flexibility index (Phi) is 15.6. The van der Waals surface area contributed by atoms with Gasteiger partial charge in [-0.2, -0.15) is 12.6 Å². The van der Waals surface area contributed by atoms with Crippen molar-refractivity contribution < 1.29 is 21.5 Å². The number of nitrogens with zero attached hydrogens (tertiary/aromatic N) is 1. The van der Waals surface area contributed by atoms with Crippen LogP contribution in [0.15, 0.2) is 0 Å². The van der Waals surface area contributed by atoms with Gasteiger partial charge in [0.05, 0.1) is 27.2 Å². The van der Waals surface area contributed by atoms with Gasteiger partial charge in [-0.1, -0.05) is 25.7 Å². The highest BCUT2D eigenvalue weighted by Crippen LogP contribution is 2.09. The molecule has 106 valence electrons. The molecule has 0 aliphatic carbocycles. The minimum atomic E-state index is 0. The number of hydrogen-bond acceptors (Lipinski definition) is 2. The van der Waals surface area contributed by atoms with Crippen molar-refractivity contribution in [1.29, 1.82) is 0 Å². The van der Waals surface area contributed by atoms with Crippen LogP contribution in [0.25, 0.3) is 0 Å². The van der Waals surface area contributed by atoms with Crippen LogP contribution in [0.1, 0.15) is 44.9 Å². The number of nitrogens with two attached hydrogens (primary N) is 1. The Morgan fingerprint density at radius 1 is 0.824 bits per heavy atom. The molecule has 0 radical (unpaired) electrons. The third-order valence-corrected chi connectivity index (χ3v) is 3.37. The summed E-state index contributed by atoms with van der Waals surface area (Å²) in [5.41, 5.74) is 5.46. The van der Waals surface area contributed by atoms with Crippen molar-refractivity contribution in [2.45, 2.75) is 44.9 Å². The van der Waals surface area contributed by atoms with E-state index in [0.717, 1.165) is 16.8 Å². The predicted octanol–water partition coefficient (Wildman–Crippen LogP) is -0.314. The average molecular weight is 327 g/mol. The third kappa shape index (κ3) is 14.7. The van der Waals surface area contributed by atoms with E-state index in [1.54, 1.807) is 0 Å². The Balaban J connectivity index is 0. The Morgan fingerprint density at radius 2 is 1.29 bits per heavy atom. The molecule has 0 aromatic heterocycles. The molecule has 0 aliphatic heterocycles. The molecule has 0 bridgehead atoms. The predicted molar refractivity (Wildman–Crippen MR) is 77.1 cm³/mol. The van der Waals surface area contributed by atoms with E-state index in [9.17, 15) is 0 Å². The topological polar surface area (TPSA) is 26.0 Å². The zero-order valence-corrected chi connectivity index (χ0v) is 14.1. The third-order valence-electron chi connectivity index (χ3n) is 3.17. The lowest BCUT2D eigenvalue weighted by Crippen LogP contribution is -3.00. The van der Waals surface area contributed by atoms with E-state index < -0.39 is 0 Å². The zero-order valence-electron chi connectivity index (χ0n) is 11.6. The maximum Gasteiger partial charge on any atom is 0.0871 e. The molecule has 0 fully saturated rings. The van der Waals surface area contributed by atoms with Gasteiger partial charge in [-0.25, -0.2) is 0 Å². The Bertz CT molecular complexity index is 154. The lowest BCUT2D eigenvalue weighted by Gasteiger charge is -2.29. The summed E-state index contributed by atoms with van der Waals surface area (Å²) in [6.45, 7) is 3.33. The van der Waals surface area contributed by atoms with Gasteiger partial charge < -0.3 is 27.2 Å². The van der Waals surface area contributed by atoms with E-state index in [4.69, 9.17) is 5.73 Å². The summed E-state index contributed by atoms with van der Waals surface area (Å²) in [5.74, 6) is 0.992. The van der Waals surface area contributed by atoms with E-state index in [-0.39, 0.29) is 17.0 Å². The van der Waals surface area contributed by atoms with Crippen LogP contribution in [0, 0.1) is 0 Å². The van der Waals surface area contributed by atoms with E-state index in [2.05, 4.69) is 26.7 Å². The summed E-state index contributed by atoms with van der Waals surface area (Å²) in [6.07, 6.45) is 9.41. The number of unbranched alkanes of at least 4 members (excludes halogenated alkanes) is 6. The molecular weight excluding hydrogens is 296 g/mol. The number of rotatable bonds is 11. The highest BCUT2D eigenvalue weighted by atomic mass is 79.9. The minimum Gasteiger partial charge on any atom is -1.00 e. The number of hydrogen-bond donors (Lipinski definition) is 2. The maximum absolute atomic E-state index is 5.46. The molecule has 0 heterocycles. The molecule has 0 unspecified atom stereocenters. The fraction of sp³-hybridized carbons (Fsp3) is 1.00. The quantitative estimate of drug-likeness (QED) is 0.304. The van der Waals surface area contributed by atoms with Crippen molar-refractivity contribution in [3.63, 3.8) is 0 Å². The summed E-state index contributed by atoms with van der Waals surface area (Å²) in [4.78, 5) is 0. The fourth-order valence-electron chi connectivity index (χ4n) is 1.95. The van der Waals surface area contributed by atoms with Gasteiger partial charge in [0, 0.05) is 5.75 Å². The van der Waals surface area contributed by atoms with Crippen LogP contribution in [0.4, 0.5) is 0 Å². The van der Waals surface area contributed by atoms with Crippen LogP contribution in [0.5, 0.6) is 0 Å². The van der Waals surface area contributed by atoms with Crippen LogP contribution in [0.3, 0.4) is 0 Å². The van der Waals surface area contributed by atoms with Crippen molar-refractivity contribution in [2.75, 3.05) is 39.5 Å². The van der Waals surface area contributed by atoms with Crippen molar-refractivity contribution in [3.8, 4) is 0 Å². The van der Waals surface area contributed by atoms with E-state index in [0.29, 0.717) is 0 Å². The molecular formula is C13H31BrN2S. The number of quaternary nitrogens is 1. The SMILES string of the molecule is C[N+](C)(CCS)CCCCCCCCCN.[Br-]. The van der Waals surface area contributed by atoms with Crippen LogP contribution in [-0.4, -0.2) is 44.0 Å². The van der Waals surface area contributed by atoms with Gasteiger partial charge in [-0.3, -0.25) is 0 Å². The summed E-state index contributed by atoms with van der Waals surface area (Å²) in [7, 11) is 4.61. The molecule has 4 heteroatoms. The maximum atomic E-state index is 5.46. The highest BCUT2D eigenvalue weighted by molar-refractivity contribution is 7.80. The van der Waals surface area contributed by atoms with E-state index in [1.807, 2.05) is 0 Å². The van der Waals surface area contributed by atoms with E-state index >= 15 is 0 Å². The smallest absolute Gasteiger partial charge is 0.0871 e. The standard InChI is InChI=1S/C13H30N2S.BrH/c1-15(2,12-13-16)11-9-7-5-3-4-6-8-10-14;/h3-14H2,1-2H3;1H. The number of thiol groups is 1. The second-order valence-corrected chi connectivity index (χ2v) is 5.82. The van der Waals surface area contributed by atoms with Crippen molar-refractivity contribution >= 4 is 12.6 Å². The fourth-order valence-corrected chi connectivity index (χ4v) is 2.49. The summed E-state index contributed by atoms with van der Waals surface area (Å²) in [5, 5.41) is 0. The molecule has 0 aromatic rings. The average Bonchev–Trinajstić information content (AvgIpc) is 2.22. The Labute approximate surface area is 124 Å². The summed E-state index contributed by atoms with van der Waals surface area (Å²) in [6, 6.07) is 0. The zero-order chi connectivity index (χ0) is 12.3. The molecule has 2 nitrogen and oxygen atoms in total. The first-order chi connectivity index (χ1) is 7.62. The molecule has 0 rings (SSSR count). The van der Waals surface area contributed by atoms with Gasteiger partial charge >= 0.3 is 0 Å². The molecule has 17 heavy (non-hydrogen) atoms. The van der Waals surface area contributed by atoms with Crippen molar-refractivity contribution in [2.24, 2.45) is 5.73 Å². The summed E-state index contributed by atoms with van der Waals surface area (Å²) < 4.78 is 1.12. The Morgan fingerprint density at radius 3 is 1.76 bits per heavy atom. The molecule has 2 N–H and O–H groups in total. The van der Waals surface area contributed by atoms with Gasteiger partial charge in [0.25, 0.3) is 0 Å². The van der Waals surface area contributed by atoms with Gasteiger partial charge in [0.1, 0.15) is 0 Å². The molecule has 0 saturated heterocycles. The lowest BCUT2D eigenvalue weighted by atomic mass is 10.1. The van der Waals surface area contributed by atoms with Crippen LogP contribution in [-0.2, 0) is 0 Å². The monoisotopic (exact) mass is 326 g/mol. The van der Waals surface area contributed by atoms with Crippen molar-refractivity contribution in [3.05, 3.63) is 0 Å². The van der Waals surface area contributed by atoms with Gasteiger partial charge in [0.15, 0.2) is 0 Å². The Hall–Kier alpha value is 0.750. The number of halogens is 1. The minimum absolute atomic E-state index is 0. The molecule has 0 amide bonds. The molecule has 0 aromatic carbocycles. The first-order valence-corrected chi connectivity index (χ1v) is 7.38. The molecule has 0 aliphatic rings. The van der Waals surface area contributed by atoms with Crippen LogP contribution >= 0.6 is 12.6 Å².